The fraction of sp³-hybridized carbons (Fsp3) is 0.929. The standard InChI is InChI=1S/C14H27N3O/c1-10-8-11(15)5-6-13(10)14(18)16-12-4-3-7-17(2)9-12/h10-13H,3-9,15H2,1-2H3,(H,16,18). The quantitative estimate of drug-likeness (QED) is 0.770. The number of carbonyl (C=O) groups is 1. The molecule has 1 heterocycles. The molecule has 4 unspecified atom stereocenters. The molecule has 0 aromatic rings. The molecule has 0 spiro atoms. The van der Waals surface area contributed by atoms with Gasteiger partial charge >= 0.3 is 0 Å². The predicted octanol–water partition coefficient (Wildman–Crippen LogP) is 0.960. The molecule has 4 nitrogen and oxygen atoms in total. The maximum Gasteiger partial charge on any atom is 0.223 e. The number of amides is 1. The molecule has 1 saturated carbocycles. The third kappa shape index (κ3) is 3.45. The molecule has 104 valence electrons. The van der Waals surface area contributed by atoms with Crippen LogP contribution in [0.15, 0.2) is 0 Å². The lowest BCUT2D eigenvalue weighted by Crippen LogP contribution is -2.50. The van der Waals surface area contributed by atoms with E-state index >= 15 is 0 Å². The smallest absolute Gasteiger partial charge is 0.223 e. The van der Waals surface area contributed by atoms with Crippen molar-refractivity contribution in [3.63, 3.8) is 0 Å². The van der Waals surface area contributed by atoms with Crippen LogP contribution in [0.2, 0.25) is 0 Å². The third-order valence-electron chi connectivity index (χ3n) is 4.52. The highest BCUT2D eigenvalue weighted by molar-refractivity contribution is 5.79. The van der Waals surface area contributed by atoms with Gasteiger partial charge in [-0.25, -0.2) is 0 Å². The van der Waals surface area contributed by atoms with Gasteiger partial charge in [0.2, 0.25) is 5.91 Å². The number of nitrogens with zero attached hydrogens (tertiary/aromatic N) is 1. The van der Waals surface area contributed by atoms with Crippen molar-refractivity contribution in [3.8, 4) is 0 Å². The molecular formula is C14H27N3O. The summed E-state index contributed by atoms with van der Waals surface area (Å²) in [6, 6.07) is 0.643. The van der Waals surface area contributed by atoms with Crippen molar-refractivity contribution in [1.29, 1.82) is 0 Å². The van der Waals surface area contributed by atoms with Crippen molar-refractivity contribution in [2.45, 2.75) is 51.1 Å². The lowest BCUT2D eigenvalue weighted by atomic mass is 9.77. The number of likely N-dealkylation sites (tertiary alicyclic amines) is 1. The van der Waals surface area contributed by atoms with Crippen LogP contribution in [0.3, 0.4) is 0 Å². The number of nitrogens with one attached hydrogen (secondary N) is 1. The molecule has 3 N–H and O–H groups in total. The van der Waals surface area contributed by atoms with E-state index in [1.807, 2.05) is 0 Å². The zero-order valence-electron chi connectivity index (χ0n) is 11.7. The summed E-state index contributed by atoms with van der Waals surface area (Å²) in [5.41, 5.74) is 5.95. The summed E-state index contributed by atoms with van der Waals surface area (Å²) in [6.07, 6.45) is 5.25. The molecule has 4 heteroatoms. The van der Waals surface area contributed by atoms with Gasteiger partial charge in [-0.2, -0.15) is 0 Å². The molecule has 1 amide bonds. The van der Waals surface area contributed by atoms with Gasteiger partial charge in [0.1, 0.15) is 0 Å². The van der Waals surface area contributed by atoms with E-state index < -0.39 is 0 Å². The minimum atomic E-state index is 0.178. The summed E-state index contributed by atoms with van der Waals surface area (Å²) >= 11 is 0. The number of rotatable bonds is 2. The average Bonchev–Trinajstić information content (AvgIpc) is 2.28. The van der Waals surface area contributed by atoms with Crippen LogP contribution in [-0.2, 0) is 4.79 Å². The summed E-state index contributed by atoms with van der Waals surface area (Å²) in [7, 11) is 2.13. The molecule has 1 aliphatic heterocycles. The van der Waals surface area contributed by atoms with Crippen molar-refractivity contribution in [3.05, 3.63) is 0 Å². The summed E-state index contributed by atoms with van der Waals surface area (Å²) in [6.45, 7) is 4.31. The fourth-order valence-electron chi connectivity index (χ4n) is 3.42. The Morgan fingerprint density at radius 2 is 2.11 bits per heavy atom. The van der Waals surface area contributed by atoms with Gasteiger partial charge in [-0.3, -0.25) is 4.79 Å². The Bertz CT molecular complexity index is 295. The van der Waals surface area contributed by atoms with Crippen LogP contribution >= 0.6 is 0 Å². The van der Waals surface area contributed by atoms with E-state index in [1.165, 1.54) is 6.42 Å². The Hall–Kier alpha value is -0.610. The van der Waals surface area contributed by atoms with Gasteiger partial charge < -0.3 is 16.0 Å². The van der Waals surface area contributed by atoms with Gasteiger partial charge in [0, 0.05) is 24.5 Å². The van der Waals surface area contributed by atoms with Crippen molar-refractivity contribution in [2.75, 3.05) is 20.1 Å². The van der Waals surface area contributed by atoms with Gasteiger partial charge in [0.15, 0.2) is 0 Å². The Morgan fingerprint density at radius 1 is 1.33 bits per heavy atom. The Balaban J connectivity index is 1.83. The van der Waals surface area contributed by atoms with Crippen LogP contribution in [0, 0.1) is 11.8 Å². The number of piperidine rings is 1. The maximum atomic E-state index is 12.3. The molecule has 2 rings (SSSR count). The molecule has 0 bridgehead atoms. The number of hydrogen-bond donors (Lipinski definition) is 2. The number of carbonyl (C=O) groups excluding carboxylic acids is 1. The third-order valence-corrected chi connectivity index (χ3v) is 4.52. The molecule has 18 heavy (non-hydrogen) atoms. The van der Waals surface area contributed by atoms with Gasteiger partial charge in [-0.15, -0.1) is 0 Å². The highest BCUT2D eigenvalue weighted by atomic mass is 16.2. The second kappa shape index (κ2) is 6.02. The van der Waals surface area contributed by atoms with Crippen LogP contribution in [0.25, 0.3) is 0 Å². The summed E-state index contributed by atoms with van der Waals surface area (Å²) in [4.78, 5) is 14.6. The molecule has 1 aliphatic carbocycles. The van der Waals surface area contributed by atoms with Crippen LogP contribution in [0.1, 0.15) is 39.0 Å². The molecule has 1 saturated heterocycles. The first-order chi connectivity index (χ1) is 8.56. The van der Waals surface area contributed by atoms with E-state index in [0.29, 0.717) is 18.0 Å². The molecule has 2 aliphatic rings. The lowest BCUT2D eigenvalue weighted by Gasteiger charge is -2.35. The minimum Gasteiger partial charge on any atom is -0.352 e. The molecule has 0 radical (unpaired) electrons. The second-order valence-corrected chi connectivity index (χ2v) is 6.27. The Kier molecular flexibility index (Phi) is 4.62. The van der Waals surface area contributed by atoms with E-state index in [4.69, 9.17) is 5.73 Å². The van der Waals surface area contributed by atoms with E-state index in [-0.39, 0.29) is 11.8 Å². The van der Waals surface area contributed by atoms with Gasteiger partial charge in [0.25, 0.3) is 0 Å². The van der Waals surface area contributed by atoms with Gasteiger partial charge in [-0.05, 0) is 51.6 Å². The summed E-state index contributed by atoms with van der Waals surface area (Å²) in [5, 5.41) is 3.24. The van der Waals surface area contributed by atoms with E-state index in [1.54, 1.807) is 0 Å². The number of likely N-dealkylation sites (N-methyl/N-ethyl adjacent to an activating group) is 1. The average molecular weight is 253 g/mol. The van der Waals surface area contributed by atoms with Crippen LogP contribution in [-0.4, -0.2) is 43.0 Å². The SMILES string of the molecule is CC1CC(N)CCC1C(=O)NC1CCCN(C)C1. The Labute approximate surface area is 110 Å². The fourth-order valence-corrected chi connectivity index (χ4v) is 3.42. The van der Waals surface area contributed by atoms with E-state index in [2.05, 4.69) is 24.2 Å². The van der Waals surface area contributed by atoms with Crippen LogP contribution in [0.4, 0.5) is 0 Å². The highest BCUT2D eigenvalue weighted by Crippen LogP contribution is 2.29. The molecule has 2 fully saturated rings. The molecule has 0 aromatic carbocycles. The topological polar surface area (TPSA) is 58.4 Å². The number of hydrogen-bond acceptors (Lipinski definition) is 3. The zero-order chi connectivity index (χ0) is 13.1. The highest BCUT2D eigenvalue weighted by Gasteiger charge is 2.32. The zero-order valence-corrected chi connectivity index (χ0v) is 11.7. The first-order valence-corrected chi connectivity index (χ1v) is 7.30. The maximum absolute atomic E-state index is 12.3. The van der Waals surface area contributed by atoms with Crippen molar-refractivity contribution < 1.29 is 4.79 Å². The van der Waals surface area contributed by atoms with Gasteiger partial charge in [0.05, 0.1) is 0 Å². The minimum absolute atomic E-state index is 0.178. The largest absolute Gasteiger partial charge is 0.352 e. The van der Waals surface area contributed by atoms with E-state index in [9.17, 15) is 4.79 Å². The van der Waals surface area contributed by atoms with Crippen LogP contribution < -0.4 is 11.1 Å². The van der Waals surface area contributed by atoms with Gasteiger partial charge in [-0.1, -0.05) is 6.92 Å². The molecular weight excluding hydrogens is 226 g/mol. The Morgan fingerprint density at radius 3 is 2.78 bits per heavy atom. The van der Waals surface area contributed by atoms with Crippen molar-refractivity contribution in [1.82, 2.24) is 10.2 Å². The monoisotopic (exact) mass is 253 g/mol. The summed E-state index contributed by atoms with van der Waals surface area (Å²) in [5.74, 6) is 0.863. The summed E-state index contributed by atoms with van der Waals surface area (Å²) < 4.78 is 0. The predicted molar refractivity (Wildman–Crippen MR) is 73.1 cm³/mol. The number of nitrogens with two attached hydrogens (primary N) is 1. The molecule has 0 aromatic heterocycles. The first-order valence-electron chi connectivity index (χ1n) is 7.30. The van der Waals surface area contributed by atoms with Crippen molar-refractivity contribution >= 4 is 5.91 Å². The lowest BCUT2D eigenvalue weighted by molar-refractivity contribution is -0.128. The first kappa shape index (κ1) is 13.8. The van der Waals surface area contributed by atoms with Crippen LogP contribution in [0.5, 0.6) is 0 Å². The van der Waals surface area contributed by atoms with E-state index in [0.717, 1.165) is 38.8 Å². The van der Waals surface area contributed by atoms with Crippen molar-refractivity contribution in [2.24, 2.45) is 17.6 Å². The normalized spacial score (nSPS) is 38.4. The second-order valence-electron chi connectivity index (χ2n) is 6.27. The molecule has 4 atom stereocenters.